The minimum Gasteiger partial charge on any atom is -0.392 e. The normalized spacial score (nSPS) is 19.4. The van der Waals surface area contributed by atoms with Gasteiger partial charge in [-0.05, 0) is 19.9 Å². The average molecular weight is 273 g/mol. The molecule has 5 heteroatoms. The molecule has 0 amide bonds. The molecule has 0 spiro atoms. The van der Waals surface area contributed by atoms with Crippen LogP contribution in [0.15, 0.2) is 12.3 Å². The quantitative estimate of drug-likeness (QED) is 0.898. The van der Waals surface area contributed by atoms with Gasteiger partial charge in [-0.3, -0.25) is 0 Å². The summed E-state index contributed by atoms with van der Waals surface area (Å²) in [5, 5.41) is 9.74. The zero-order chi connectivity index (χ0) is 12.5. The second kappa shape index (κ2) is 5.04. The van der Waals surface area contributed by atoms with Crippen LogP contribution >= 0.6 is 23.4 Å². The minimum atomic E-state index is -0.0413. The number of thioether (sulfide) groups is 1. The van der Waals surface area contributed by atoms with Gasteiger partial charge in [0, 0.05) is 35.3 Å². The molecule has 1 N–H and O–H groups in total. The average Bonchev–Trinajstić information content (AvgIpc) is 2.28. The molecule has 1 aromatic heterocycles. The number of hydrogen-bond acceptors (Lipinski definition) is 4. The highest BCUT2D eigenvalue weighted by atomic mass is 35.5. The molecule has 2 heterocycles. The van der Waals surface area contributed by atoms with Crippen LogP contribution in [0, 0.1) is 0 Å². The van der Waals surface area contributed by atoms with Crippen molar-refractivity contribution < 1.29 is 5.11 Å². The number of aliphatic hydroxyl groups excluding tert-OH is 1. The standard InChI is InChI=1S/C12H17ClN2OS/c1-12(2)8-15(3-4-17-12)11-5-9(7-16)10(13)6-14-11/h5-6,16H,3-4,7-8H2,1-2H3. The summed E-state index contributed by atoms with van der Waals surface area (Å²) in [6, 6.07) is 1.88. The van der Waals surface area contributed by atoms with E-state index in [1.165, 1.54) is 0 Å². The van der Waals surface area contributed by atoms with E-state index in [4.69, 9.17) is 11.6 Å². The van der Waals surface area contributed by atoms with Gasteiger partial charge in [-0.2, -0.15) is 11.8 Å². The fraction of sp³-hybridized carbons (Fsp3) is 0.583. The predicted octanol–water partition coefficient (Wildman–Crippen LogP) is 2.56. The van der Waals surface area contributed by atoms with Crippen LogP contribution in [-0.2, 0) is 6.61 Å². The summed E-state index contributed by atoms with van der Waals surface area (Å²) in [4.78, 5) is 6.61. The third kappa shape index (κ3) is 3.06. The molecule has 1 aromatic rings. The molecule has 0 aliphatic carbocycles. The van der Waals surface area contributed by atoms with Crippen molar-refractivity contribution in [2.24, 2.45) is 0 Å². The Hall–Kier alpha value is -0.450. The lowest BCUT2D eigenvalue weighted by Gasteiger charge is -2.38. The number of anilines is 1. The summed E-state index contributed by atoms with van der Waals surface area (Å²) >= 11 is 7.93. The third-order valence-corrected chi connectivity index (χ3v) is 4.48. The van der Waals surface area contributed by atoms with Gasteiger partial charge in [0.15, 0.2) is 0 Å². The Bertz CT molecular complexity index is 411. The van der Waals surface area contributed by atoms with E-state index in [1.54, 1.807) is 6.20 Å². The maximum Gasteiger partial charge on any atom is 0.129 e. The van der Waals surface area contributed by atoms with Crippen molar-refractivity contribution in [3.63, 3.8) is 0 Å². The molecule has 2 rings (SSSR count). The SMILES string of the molecule is CC1(C)CN(c2cc(CO)c(Cl)cn2)CCS1. The zero-order valence-corrected chi connectivity index (χ0v) is 11.7. The Balaban J connectivity index is 2.22. The molecule has 17 heavy (non-hydrogen) atoms. The van der Waals surface area contributed by atoms with E-state index in [-0.39, 0.29) is 11.4 Å². The van der Waals surface area contributed by atoms with Crippen LogP contribution in [-0.4, -0.2) is 33.7 Å². The van der Waals surface area contributed by atoms with Crippen LogP contribution in [0.25, 0.3) is 0 Å². The number of aromatic nitrogens is 1. The lowest BCUT2D eigenvalue weighted by molar-refractivity contribution is 0.282. The number of hydrogen-bond donors (Lipinski definition) is 1. The lowest BCUT2D eigenvalue weighted by Crippen LogP contribution is -2.43. The van der Waals surface area contributed by atoms with Gasteiger partial charge < -0.3 is 10.0 Å². The van der Waals surface area contributed by atoms with Crippen LogP contribution in [0.1, 0.15) is 19.4 Å². The molecule has 0 saturated carbocycles. The highest BCUT2D eigenvalue weighted by molar-refractivity contribution is 8.00. The Morgan fingerprint density at radius 1 is 1.59 bits per heavy atom. The maximum absolute atomic E-state index is 9.21. The Morgan fingerprint density at radius 3 is 3.00 bits per heavy atom. The first kappa shape index (κ1) is 13.0. The van der Waals surface area contributed by atoms with Gasteiger partial charge in [-0.25, -0.2) is 4.98 Å². The van der Waals surface area contributed by atoms with Crippen molar-refractivity contribution in [1.29, 1.82) is 0 Å². The fourth-order valence-electron chi connectivity index (χ4n) is 1.97. The van der Waals surface area contributed by atoms with Crippen LogP contribution in [0.3, 0.4) is 0 Å². The van der Waals surface area contributed by atoms with Crippen molar-refractivity contribution >= 4 is 29.2 Å². The summed E-state index contributed by atoms with van der Waals surface area (Å²) in [5.41, 5.74) is 0.743. The first-order valence-corrected chi connectivity index (χ1v) is 7.02. The third-order valence-electron chi connectivity index (χ3n) is 2.84. The molecule has 94 valence electrons. The van der Waals surface area contributed by atoms with E-state index in [9.17, 15) is 5.11 Å². The van der Waals surface area contributed by atoms with E-state index in [2.05, 4.69) is 23.7 Å². The largest absolute Gasteiger partial charge is 0.392 e. The molecule has 1 fully saturated rings. The molecule has 1 saturated heterocycles. The Morgan fingerprint density at radius 2 is 2.35 bits per heavy atom. The van der Waals surface area contributed by atoms with E-state index < -0.39 is 0 Å². The highest BCUT2D eigenvalue weighted by Crippen LogP contribution is 2.32. The van der Waals surface area contributed by atoms with Crippen LogP contribution in [0.5, 0.6) is 0 Å². The first-order chi connectivity index (χ1) is 8.02. The number of nitrogens with zero attached hydrogens (tertiary/aromatic N) is 2. The van der Waals surface area contributed by atoms with Crippen molar-refractivity contribution in [3.8, 4) is 0 Å². The number of pyridine rings is 1. The molecular weight excluding hydrogens is 256 g/mol. The topological polar surface area (TPSA) is 36.4 Å². The molecular formula is C12H17ClN2OS. The molecule has 0 radical (unpaired) electrons. The Kier molecular flexibility index (Phi) is 3.85. The summed E-state index contributed by atoms with van der Waals surface area (Å²) in [6.45, 7) is 6.41. The molecule has 3 nitrogen and oxygen atoms in total. The van der Waals surface area contributed by atoms with Crippen LogP contribution in [0.4, 0.5) is 5.82 Å². The van der Waals surface area contributed by atoms with Gasteiger partial charge in [0.05, 0.1) is 11.6 Å². The summed E-state index contributed by atoms with van der Waals surface area (Å²) in [6.07, 6.45) is 1.62. The van der Waals surface area contributed by atoms with Crippen molar-refractivity contribution in [2.75, 3.05) is 23.7 Å². The fourth-order valence-corrected chi connectivity index (χ4v) is 3.25. The van der Waals surface area contributed by atoms with Gasteiger partial charge >= 0.3 is 0 Å². The molecule has 0 aromatic carbocycles. The smallest absolute Gasteiger partial charge is 0.129 e. The number of aliphatic hydroxyl groups is 1. The van der Waals surface area contributed by atoms with Crippen molar-refractivity contribution in [1.82, 2.24) is 4.98 Å². The maximum atomic E-state index is 9.21. The lowest BCUT2D eigenvalue weighted by atomic mass is 10.1. The van der Waals surface area contributed by atoms with Crippen LogP contribution in [0.2, 0.25) is 5.02 Å². The van der Waals surface area contributed by atoms with E-state index in [0.29, 0.717) is 5.02 Å². The summed E-state index contributed by atoms with van der Waals surface area (Å²) < 4.78 is 0.249. The molecule has 1 aliphatic heterocycles. The zero-order valence-electron chi connectivity index (χ0n) is 10.1. The number of rotatable bonds is 2. The molecule has 0 atom stereocenters. The Labute approximate surface area is 111 Å². The van der Waals surface area contributed by atoms with Gasteiger partial charge in [-0.15, -0.1) is 0 Å². The summed E-state index contributed by atoms with van der Waals surface area (Å²) in [5.74, 6) is 2.01. The monoisotopic (exact) mass is 272 g/mol. The predicted molar refractivity (Wildman–Crippen MR) is 73.9 cm³/mol. The number of halogens is 1. The van der Waals surface area contributed by atoms with Gasteiger partial charge in [0.25, 0.3) is 0 Å². The van der Waals surface area contributed by atoms with Gasteiger partial charge in [-0.1, -0.05) is 11.6 Å². The highest BCUT2D eigenvalue weighted by Gasteiger charge is 2.27. The minimum absolute atomic E-state index is 0.0413. The van der Waals surface area contributed by atoms with Gasteiger partial charge in [0.1, 0.15) is 5.82 Å². The van der Waals surface area contributed by atoms with E-state index >= 15 is 0 Å². The molecule has 1 aliphatic rings. The molecule has 0 unspecified atom stereocenters. The van der Waals surface area contributed by atoms with Crippen molar-refractivity contribution in [2.45, 2.75) is 25.2 Å². The second-order valence-corrected chi connectivity index (χ2v) is 7.03. The molecule has 0 bridgehead atoms. The van der Waals surface area contributed by atoms with Gasteiger partial charge in [0.2, 0.25) is 0 Å². The second-order valence-electron chi connectivity index (χ2n) is 4.82. The van der Waals surface area contributed by atoms with E-state index in [1.807, 2.05) is 17.8 Å². The first-order valence-electron chi connectivity index (χ1n) is 5.66. The van der Waals surface area contributed by atoms with Crippen LogP contribution < -0.4 is 4.90 Å². The van der Waals surface area contributed by atoms with E-state index in [0.717, 1.165) is 30.2 Å². The summed E-state index contributed by atoms with van der Waals surface area (Å²) in [7, 11) is 0. The van der Waals surface area contributed by atoms with Crippen molar-refractivity contribution in [3.05, 3.63) is 22.8 Å².